The number of rotatable bonds is 5. The Hall–Kier alpha value is -0.470. The molecule has 0 fully saturated rings. The minimum Gasteiger partial charge on any atom is -0.302 e. The maximum absolute atomic E-state index is 4.32. The van der Waals surface area contributed by atoms with Crippen molar-refractivity contribution in [3.05, 3.63) is 35.4 Å². The van der Waals surface area contributed by atoms with Crippen molar-refractivity contribution in [1.82, 2.24) is 4.90 Å². The number of nitrogens with zero attached hydrogens (tertiary/aromatic N) is 1. The highest BCUT2D eigenvalue weighted by atomic mass is 32.1. The molecule has 0 aliphatic rings. The highest BCUT2D eigenvalue weighted by molar-refractivity contribution is 7.80. The lowest BCUT2D eigenvalue weighted by molar-refractivity contribution is 0.293. The van der Waals surface area contributed by atoms with Gasteiger partial charge < -0.3 is 4.90 Å². The lowest BCUT2D eigenvalue weighted by Gasteiger charge is -2.24. The van der Waals surface area contributed by atoms with Crippen LogP contribution in [0.4, 0.5) is 0 Å². The molecule has 0 radical (unpaired) electrons. The number of hydrogen-bond donors (Lipinski definition) is 1. The molecule has 1 aromatic carbocycles. The lowest BCUT2D eigenvalue weighted by atomic mass is 10.0. The Balaban J connectivity index is 2.81. The monoisotopic (exact) mass is 223 g/mol. The van der Waals surface area contributed by atoms with Crippen molar-refractivity contribution < 1.29 is 0 Å². The van der Waals surface area contributed by atoms with E-state index in [0.717, 1.165) is 18.6 Å². The second-order valence-electron chi connectivity index (χ2n) is 4.09. The van der Waals surface area contributed by atoms with Crippen LogP contribution in [-0.2, 0) is 6.42 Å². The van der Waals surface area contributed by atoms with E-state index in [1.807, 2.05) is 0 Å². The van der Waals surface area contributed by atoms with Gasteiger partial charge in [-0.15, -0.1) is 0 Å². The fourth-order valence-electron chi connectivity index (χ4n) is 1.82. The van der Waals surface area contributed by atoms with Gasteiger partial charge in [0, 0.05) is 6.04 Å². The third-order valence-electron chi connectivity index (χ3n) is 2.80. The lowest BCUT2D eigenvalue weighted by Crippen LogP contribution is -2.20. The molecule has 1 aromatic rings. The molecule has 0 spiro atoms. The Morgan fingerprint density at radius 2 is 1.80 bits per heavy atom. The predicted octanol–water partition coefficient (Wildman–Crippen LogP) is 3.17. The summed E-state index contributed by atoms with van der Waals surface area (Å²) in [5, 5.41) is 0. The molecule has 0 saturated carbocycles. The van der Waals surface area contributed by atoms with E-state index in [1.165, 1.54) is 11.1 Å². The smallest absolute Gasteiger partial charge is 0.0349 e. The highest BCUT2D eigenvalue weighted by Gasteiger charge is 2.12. The summed E-state index contributed by atoms with van der Waals surface area (Å²) < 4.78 is 0. The van der Waals surface area contributed by atoms with E-state index >= 15 is 0 Å². The molecule has 0 N–H and O–H groups in total. The summed E-state index contributed by atoms with van der Waals surface area (Å²) in [4.78, 5) is 2.26. The second-order valence-corrected chi connectivity index (χ2v) is 4.53. The quantitative estimate of drug-likeness (QED) is 0.750. The van der Waals surface area contributed by atoms with Crippen molar-refractivity contribution >= 4 is 12.6 Å². The third-order valence-corrected chi connectivity index (χ3v) is 3.06. The maximum atomic E-state index is 4.32. The molecule has 0 amide bonds. The Labute approximate surface area is 98.9 Å². The van der Waals surface area contributed by atoms with Gasteiger partial charge in [-0.05, 0) is 43.8 Å². The summed E-state index contributed by atoms with van der Waals surface area (Å²) in [5.41, 5.74) is 2.80. The molecule has 0 aliphatic carbocycles. The van der Waals surface area contributed by atoms with E-state index in [1.54, 1.807) is 0 Å². The van der Waals surface area contributed by atoms with Crippen molar-refractivity contribution in [2.24, 2.45) is 0 Å². The van der Waals surface area contributed by atoms with Gasteiger partial charge in [-0.25, -0.2) is 0 Å². The summed E-state index contributed by atoms with van der Waals surface area (Å²) in [6.07, 6.45) is 2.21. The maximum Gasteiger partial charge on any atom is 0.0349 e. The van der Waals surface area contributed by atoms with Crippen molar-refractivity contribution in [1.29, 1.82) is 0 Å². The molecule has 1 nitrogen and oxygen atoms in total. The van der Waals surface area contributed by atoms with Crippen LogP contribution < -0.4 is 0 Å². The van der Waals surface area contributed by atoms with Crippen LogP contribution in [0.25, 0.3) is 0 Å². The molecule has 1 rings (SSSR count). The van der Waals surface area contributed by atoms with Crippen LogP contribution in [0.3, 0.4) is 0 Å². The molecular weight excluding hydrogens is 202 g/mol. The number of aryl methyl sites for hydroxylation is 1. The molecule has 84 valence electrons. The van der Waals surface area contributed by atoms with Gasteiger partial charge in [0.1, 0.15) is 0 Å². The summed E-state index contributed by atoms with van der Waals surface area (Å²) in [6.45, 7) is 2.19. The van der Waals surface area contributed by atoms with Crippen molar-refractivity contribution in [2.45, 2.75) is 25.8 Å². The fraction of sp³-hybridized carbons (Fsp3) is 0.538. The van der Waals surface area contributed by atoms with Gasteiger partial charge in [0.25, 0.3) is 0 Å². The van der Waals surface area contributed by atoms with Crippen LogP contribution in [-0.4, -0.2) is 24.7 Å². The van der Waals surface area contributed by atoms with E-state index in [-0.39, 0.29) is 0 Å². The minimum absolute atomic E-state index is 0.494. The normalized spacial score (nSPS) is 13.1. The Morgan fingerprint density at radius 1 is 1.20 bits per heavy atom. The van der Waals surface area contributed by atoms with Gasteiger partial charge in [-0.2, -0.15) is 12.6 Å². The van der Waals surface area contributed by atoms with Gasteiger partial charge in [0.15, 0.2) is 0 Å². The molecule has 0 aromatic heterocycles. The zero-order valence-electron chi connectivity index (χ0n) is 9.90. The van der Waals surface area contributed by atoms with Crippen molar-refractivity contribution in [2.75, 3.05) is 19.8 Å². The molecule has 0 saturated heterocycles. The molecule has 0 aliphatic heterocycles. The molecular formula is C13H21NS. The van der Waals surface area contributed by atoms with Gasteiger partial charge in [0.2, 0.25) is 0 Å². The molecule has 2 heteroatoms. The second kappa shape index (κ2) is 6.19. The number of thiol groups is 1. The van der Waals surface area contributed by atoms with Crippen molar-refractivity contribution in [3.8, 4) is 0 Å². The SMILES string of the molecule is CCc1ccc(C(CCS)N(C)C)cc1. The topological polar surface area (TPSA) is 3.24 Å². The van der Waals surface area contributed by atoms with Gasteiger partial charge in [-0.3, -0.25) is 0 Å². The average Bonchev–Trinajstić information content (AvgIpc) is 2.26. The van der Waals surface area contributed by atoms with Gasteiger partial charge in [-0.1, -0.05) is 31.2 Å². The molecule has 15 heavy (non-hydrogen) atoms. The predicted molar refractivity (Wildman–Crippen MR) is 70.7 cm³/mol. The number of hydrogen-bond acceptors (Lipinski definition) is 2. The van der Waals surface area contributed by atoms with Crippen LogP contribution in [0, 0.1) is 0 Å². The zero-order valence-corrected chi connectivity index (χ0v) is 10.8. The van der Waals surface area contributed by atoms with E-state index in [4.69, 9.17) is 0 Å². The first-order valence-corrected chi connectivity index (χ1v) is 6.18. The van der Waals surface area contributed by atoms with Crippen LogP contribution >= 0.6 is 12.6 Å². The van der Waals surface area contributed by atoms with Crippen LogP contribution in [0.2, 0.25) is 0 Å². The zero-order chi connectivity index (χ0) is 11.3. The first kappa shape index (κ1) is 12.6. The van der Waals surface area contributed by atoms with Crippen LogP contribution in [0.5, 0.6) is 0 Å². The summed E-state index contributed by atoms with van der Waals surface area (Å²) in [5.74, 6) is 0.929. The standard InChI is InChI=1S/C13H21NS/c1-4-11-5-7-12(8-6-11)13(9-10-15)14(2)3/h5-8,13,15H,4,9-10H2,1-3H3. The third kappa shape index (κ3) is 3.54. The molecule has 1 atom stereocenters. The largest absolute Gasteiger partial charge is 0.302 e. The van der Waals surface area contributed by atoms with Crippen LogP contribution in [0.15, 0.2) is 24.3 Å². The van der Waals surface area contributed by atoms with E-state index in [9.17, 15) is 0 Å². The Bertz CT molecular complexity index is 279. The van der Waals surface area contributed by atoms with E-state index in [2.05, 4.69) is 62.8 Å². The average molecular weight is 223 g/mol. The summed E-state index contributed by atoms with van der Waals surface area (Å²) in [7, 11) is 4.25. The van der Waals surface area contributed by atoms with Crippen LogP contribution in [0.1, 0.15) is 30.5 Å². The molecule has 0 heterocycles. The van der Waals surface area contributed by atoms with E-state index in [0.29, 0.717) is 6.04 Å². The molecule has 1 unspecified atom stereocenters. The highest BCUT2D eigenvalue weighted by Crippen LogP contribution is 2.22. The number of benzene rings is 1. The summed E-state index contributed by atoms with van der Waals surface area (Å²) >= 11 is 4.32. The van der Waals surface area contributed by atoms with E-state index < -0.39 is 0 Å². The minimum atomic E-state index is 0.494. The first-order valence-electron chi connectivity index (χ1n) is 5.55. The van der Waals surface area contributed by atoms with Gasteiger partial charge >= 0.3 is 0 Å². The summed E-state index contributed by atoms with van der Waals surface area (Å²) in [6, 6.07) is 9.43. The van der Waals surface area contributed by atoms with Gasteiger partial charge in [0.05, 0.1) is 0 Å². The molecule has 0 bridgehead atoms. The Kier molecular flexibility index (Phi) is 5.20. The van der Waals surface area contributed by atoms with Crippen molar-refractivity contribution in [3.63, 3.8) is 0 Å². The Morgan fingerprint density at radius 3 is 2.20 bits per heavy atom. The fourth-order valence-corrected chi connectivity index (χ4v) is 2.07. The first-order chi connectivity index (χ1) is 7.19.